The van der Waals surface area contributed by atoms with Crippen LogP contribution < -0.4 is 5.73 Å². The molecule has 0 saturated heterocycles. The van der Waals surface area contributed by atoms with Gasteiger partial charge < -0.3 is 5.73 Å². The standard InChI is InChI=1S/C12H20N2OS/c1-2-3-4-5-6-10-16(15)12-11(13)8-7-9-14-12/h7-9H,2-6,10,13H2,1H3. The van der Waals surface area contributed by atoms with Gasteiger partial charge in [-0.05, 0) is 18.6 Å². The van der Waals surface area contributed by atoms with Crippen molar-refractivity contribution in [3.63, 3.8) is 0 Å². The lowest BCUT2D eigenvalue weighted by Gasteiger charge is -2.04. The lowest BCUT2D eigenvalue weighted by molar-refractivity contribution is 0.646. The van der Waals surface area contributed by atoms with Crippen LogP contribution in [0.3, 0.4) is 0 Å². The number of hydrogen-bond donors (Lipinski definition) is 1. The predicted octanol–water partition coefficient (Wildman–Crippen LogP) is 2.74. The van der Waals surface area contributed by atoms with Crippen LogP contribution in [0.2, 0.25) is 0 Å². The molecule has 1 atom stereocenters. The minimum Gasteiger partial charge on any atom is -0.396 e. The molecule has 90 valence electrons. The minimum atomic E-state index is -1.04. The first kappa shape index (κ1) is 13.2. The number of nitrogens with zero attached hydrogens (tertiary/aromatic N) is 1. The quantitative estimate of drug-likeness (QED) is 0.746. The summed E-state index contributed by atoms with van der Waals surface area (Å²) in [6.45, 7) is 2.19. The lowest BCUT2D eigenvalue weighted by Crippen LogP contribution is -2.04. The summed E-state index contributed by atoms with van der Waals surface area (Å²) in [7, 11) is -1.04. The molecule has 0 aliphatic carbocycles. The van der Waals surface area contributed by atoms with E-state index >= 15 is 0 Å². The van der Waals surface area contributed by atoms with Crippen molar-refractivity contribution in [1.29, 1.82) is 0 Å². The molecule has 1 aromatic heterocycles. The maximum atomic E-state index is 11.9. The van der Waals surface area contributed by atoms with Gasteiger partial charge in [0.2, 0.25) is 0 Å². The Kier molecular flexibility index (Phi) is 6.08. The molecule has 0 aromatic carbocycles. The fourth-order valence-corrected chi connectivity index (χ4v) is 2.70. The molecule has 0 saturated carbocycles. The average Bonchev–Trinajstić information content (AvgIpc) is 2.29. The molecule has 1 rings (SSSR count). The van der Waals surface area contributed by atoms with E-state index < -0.39 is 10.8 Å². The summed E-state index contributed by atoms with van der Waals surface area (Å²) in [5, 5.41) is 0.540. The maximum absolute atomic E-state index is 11.9. The molecule has 3 nitrogen and oxygen atoms in total. The monoisotopic (exact) mass is 240 g/mol. The fraction of sp³-hybridized carbons (Fsp3) is 0.583. The van der Waals surface area contributed by atoms with E-state index in [0.29, 0.717) is 16.5 Å². The smallest absolute Gasteiger partial charge is 0.150 e. The Bertz CT molecular complexity index is 342. The van der Waals surface area contributed by atoms with E-state index in [2.05, 4.69) is 11.9 Å². The van der Waals surface area contributed by atoms with Crippen LogP contribution in [0.5, 0.6) is 0 Å². The van der Waals surface area contributed by atoms with Crippen molar-refractivity contribution in [3.8, 4) is 0 Å². The Morgan fingerprint density at radius 1 is 1.31 bits per heavy atom. The maximum Gasteiger partial charge on any atom is 0.150 e. The van der Waals surface area contributed by atoms with Gasteiger partial charge in [-0.15, -0.1) is 0 Å². The van der Waals surface area contributed by atoms with Gasteiger partial charge in [-0.25, -0.2) is 4.98 Å². The fourth-order valence-electron chi connectivity index (χ4n) is 1.53. The van der Waals surface area contributed by atoms with Crippen LogP contribution in [0.15, 0.2) is 23.4 Å². The summed E-state index contributed by atoms with van der Waals surface area (Å²) >= 11 is 0. The molecule has 0 aliphatic heterocycles. The summed E-state index contributed by atoms with van der Waals surface area (Å²) in [5.41, 5.74) is 6.25. The van der Waals surface area contributed by atoms with Gasteiger partial charge in [-0.1, -0.05) is 32.6 Å². The van der Waals surface area contributed by atoms with Gasteiger partial charge in [-0.3, -0.25) is 4.21 Å². The number of hydrogen-bond acceptors (Lipinski definition) is 3. The second-order valence-corrected chi connectivity index (χ2v) is 5.35. The molecule has 16 heavy (non-hydrogen) atoms. The van der Waals surface area contributed by atoms with Crippen LogP contribution >= 0.6 is 0 Å². The Morgan fingerprint density at radius 3 is 2.75 bits per heavy atom. The Labute approximate surface area is 99.9 Å². The lowest BCUT2D eigenvalue weighted by atomic mass is 10.2. The SMILES string of the molecule is CCCCCCCS(=O)c1ncccc1N. The molecule has 1 aromatic rings. The molecule has 0 spiro atoms. The van der Waals surface area contributed by atoms with Crippen molar-refractivity contribution in [2.24, 2.45) is 0 Å². The number of anilines is 1. The molecule has 0 radical (unpaired) electrons. The molecule has 0 bridgehead atoms. The normalized spacial score (nSPS) is 12.6. The highest BCUT2D eigenvalue weighted by Crippen LogP contribution is 2.14. The van der Waals surface area contributed by atoms with Crippen LogP contribution in [0.4, 0.5) is 5.69 Å². The Morgan fingerprint density at radius 2 is 2.06 bits per heavy atom. The van der Waals surface area contributed by atoms with Crippen LogP contribution in [0, 0.1) is 0 Å². The van der Waals surface area contributed by atoms with E-state index in [1.807, 2.05) is 0 Å². The highest BCUT2D eigenvalue weighted by atomic mass is 32.2. The van der Waals surface area contributed by atoms with Crippen molar-refractivity contribution in [2.45, 2.75) is 44.1 Å². The number of pyridine rings is 1. The largest absolute Gasteiger partial charge is 0.396 e. The zero-order valence-corrected chi connectivity index (χ0v) is 10.6. The van der Waals surface area contributed by atoms with Gasteiger partial charge >= 0.3 is 0 Å². The molecular formula is C12H20N2OS. The van der Waals surface area contributed by atoms with Crippen molar-refractivity contribution < 1.29 is 4.21 Å². The molecule has 0 fully saturated rings. The van der Waals surface area contributed by atoms with Gasteiger partial charge in [0.1, 0.15) is 5.03 Å². The summed E-state index contributed by atoms with van der Waals surface area (Å²) < 4.78 is 11.9. The zero-order chi connectivity index (χ0) is 11.8. The van der Waals surface area contributed by atoms with Crippen LogP contribution in [-0.2, 0) is 10.8 Å². The number of rotatable bonds is 7. The highest BCUT2D eigenvalue weighted by molar-refractivity contribution is 7.85. The van der Waals surface area contributed by atoms with Crippen molar-refractivity contribution in [3.05, 3.63) is 18.3 Å². The number of nitrogens with two attached hydrogens (primary N) is 1. The molecule has 1 unspecified atom stereocenters. The van der Waals surface area contributed by atoms with E-state index in [1.54, 1.807) is 18.3 Å². The topological polar surface area (TPSA) is 56.0 Å². The van der Waals surface area contributed by atoms with E-state index in [0.717, 1.165) is 12.8 Å². The Hall–Kier alpha value is -0.900. The number of aromatic nitrogens is 1. The van der Waals surface area contributed by atoms with Crippen LogP contribution in [-0.4, -0.2) is 14.9 Å². The van der Waals surface area contributed by atoms with Gasteiger partial charge in [0.15, 0.2) is 0 Å². The van der Waals surface area contributed by atoms with Crippen molar-refractivity contribution in [2.75, 3.05) is 11.5 Å². The first-order chi connectivity index (χ1) is 7.75. The second kappa shape index (κ2) is 7.39. The number of nitrogen functional groups attached to an aromatic ring is 1. The average molecular weight is 240 g/mol. The summed E-state index contributed by atoms with van der Waals surface area (Å²) in [4.78, 5) is 4.07. The van der Waals surface area contributed by atoms with Crippen LogP contribution in [0.25, 0.3) is 0 Å². The van der Waals surface area contributed by atoms with Gasteiger partial charge in [0, 0.05) is 11.9 Å². The van der Waals surface area contributed by atoms with Crippen molar-refractivity contribution in [1.82, 2.24) is 4.98 Å². The van der Waals surface area contributed by atoms with Gasteiger partial charge in [-0.2, -0.15) is 0 Å². The molecule has 0 aliphatic rings. The molecule has 0 amide bonds. The summed E-state index contributed by atoms with van der Waals surface area (Å²) in [5.74, 6) is 0.672. The third kappa shape index (κ3) is 4.31. The van der Waals surface area contributed by atoms with E-state index in [4.69, 9.17) is 5.73 Å². The Balaban J connectivity index is 2.33. The number of unbranched alkanes of at least 4 members (excludes halogenated alkanes) is 4. The minimum absolute atomic E-state index is 0.536. The molecular weight excluding hydrogens is 220 g/mol. The first-order valence-corrected chi connectivity index (χ1v) is 7.16. The predicted molar refractivity (Wildman–Crippen MR) is 68.7 cm³/mol. The van der Waals surface area contributed by atoms with Gasteiger partial charge in [0.05, 0.1) is 16.5 Å². The first-order valence-electron chi connectivity index (χ1n) is 5.84. The second-order valence-electron chi connectivity index (χ2n) is 3.86. The highest BCUT2D eigenvalue weighted by Gasteiger charge is 2.08. The van der Waals surface area contributed by atoms with Crippen LogP contribution in [0.1, 0.15) is 39.0 Å². The van der Waals surface area contributed by atoms with E-state index in [-0.39, 0.29) is 0 Å². The summed E-state index contributed by atoms with van der Waals surface area (Å²) in [6.07, 6.45) is 7.50. The van der Waals surface area contributed by atoms with Crippen molar-refractivity contribution >= 4 is 16.5 Å². The molecule has 4 heteroatoms. The molecule has 1 heterocycles. The van der Waals surface area contributed by atoms with E-state index in [1.165, 1.54) is 19.3 Å². The van der Waals surface area contributed by atoms with Gasteiger partial charge in [0.25, 0.3) is 0 Å². The third-order valence-electron chi connectivity index (χ3n) is 2.45. The molecule has 2 N–H and O–H groups in total. The zero-order valence-electron chi connectivity index (χ0n) is 9.82. The third-order valence-corrected chi connectivity index (χ3v) is 3.88. The summed E-state index contributed by atoms with van der Waals surface area (Å²) in [6, 6.07) is 3.51. The van der Waals surface area contributed by atoms with E-state index in [9.17, 15) is 4.21 Å².